The second-order valence-electron chi connectivity index (χ2n) is 5.51. The average molecular weight is 224 g/mol. The van der Waals surface area contributed by atoms with Crippen LogP contribution in [0, 0.1) is 25.1 Å². The van der Waals surface area contributed by atoms with Gasteiger partial charge in [-0.2, -0.15) is 0 Å². The third-order valence-electron chi connectivity index (χ3n) is 2.51. The Morgan fingerprint density at radius 3 is 2.38 bits per heavy atom. The van der Waals surface area contributed by atoms with Crippen LogP contribution in [-0.4, -0.2) is 6.54 Å². The zero-order valence-corrected chi connectivity index (χ0v) is 10.7. The number of hydrogen-bond donors (Lipinski definition) is 2. The van der Waals surface area contributed by atoms with Gasteiger partial charge in [-0.15, -0.1) is 0 Å². The van der Waals surface area contributed by atoms with Gasteiger partial charge in [0.05, 0.1) is 11.4 Å². The number of nitrogens with two attached hydrogens (primary N) is 1. The molecule has 0 aromatic heterocycles. The fourth-order valence-corrected chi connectivity index (χ4v) is 1.58. The molecule has 0 heterocycles. The molecule has 0 atom stereocenters. The van der Waals surface area contributed by atoms with Gasteiger partial charge in [0.25, 0.3) is 0 Å². The largest absolute Gasteiger partial charge is 0.397 e. The maximum Gasteiger partial charge on any atom is 0.131 e. The maximum atomic E-state index is 13.7. The van der Waals surface area contributed by atoms with Gasteiger partial charge in [-0.25, -0.2) is 4.39 Å². The molecule has 0 aliphatic rings. The van der Waals surface area contributed by atoms with Crippen LogP contribution in [0.4, 0.5) is 15.8 Å². The minimum atomic E-state index is -0.175. The highest BCUT2D eigenvalue weighted by Crippen LogP contribution is 2.29. The fourth-order valence-electron chi connectivity index (χ4n) is 1.58. The maximum absolute atomic E-state index is 13.7. The van der Waals surface area contributed by atoms with E-state index in [0.717, 1.165) is 12.2 Å². The van der Waals surface area contributed by atoms with Crippen LogP contribution in [-0.2, 0) is 0 Å². The molecule has 2 nitrogen and oxygen atoms in total. The molecule has 0 aliphatic heterocycles. The first-order valence-corrected chi connectivity index (χ1v) is 5.51. The molecular formula is C13H21FN2. The van der Waals surface area contributed by atoms with Crippen molar-refractivity contribution in [2.75, 3.05) is 17.6 Å². The summed E-state index contributed by atoms with van der Waals surface area (Å²) in [6.45, 7) is 10.6. The smallest absolute Gasteiger partial charge is 0.131 e. The van der Waals surface area contributed by atoms with Crippen LogP contribution in [0.3, 0.4) is 0 Å². The zero-order valence-electron chi connectivity index (χ0n) is 10.7. The number of anilines is 2. The van der Waals surface area contributed by atoms with Crippen LogP contribution < -0.4 is 11.1 Å². The topological polar surface area (TPSA) is 38.0 Å². The second kappa shape index (κ2) is 4.32. The SMILES string of the molecule is Cc1cc(N)c(NCC(C)(C)C)c(C)c1F. The summed E-state index contributed by atoms with van der Waals surface area (Å²) in [5.41, 5.74) is 8.56. The monoisotopic (exact) mass is 224 g/mol. The molecule has 0 spiro atoms. The molecule has 0 aliphatic carbocycles. The van der Waals surface area contributed by atoms with E-state index in [1.54, 1.807) is 19.9 Å². The minimum absolute atomic E-state index is 0.139. The molecule has 1 aromatic rings. The summed E-state index contributed by atoms with van der Waals surface area (Å²) in [5, 5.41) is 3.22. The Hall–Kier alpha value is -1.25. The van der Waals surface area contributed by atoms with Crippen LogP contribution in [0.5, 0.6) is 0 Å². The van der Waals surface area contributed by atoms with Crippen LogP contribution in [0.25, 0.3) is 0 Å². The fraction of sp³-hybridized carbons (Fsp3) is 0.538. The third kappa shape index (κ3) is 2.87. The Labute approximate surface area is 97.0 Å². The summed E-state index contributed by atoms with van der Waals surface area (Å²) in [4.78, 5) is 0. The lowest BCUT2D eigenvalue weighted by Crippen LogP contribution is -2.20. The second-order valence-corrected chi connectivity index (χ2v) is 5.51. The Morgan fingerprint density at radius 2 is 1.88 bits per heavy atom. The van der Waals surface area contributed by atoms with Gasteiger partial charge in [-0.1, -0.05) is 20.8 Å². The predicted octanol–water partition coefficient (Wildman–Crippen LogP) is 3.48. The highest BCUT2D eigenvalue weighted by Gasteiger charge is 2.14. The van der Waals surface area contributed by atoms with Crippen molar-refractivity contribution in [3.63, 3.8) is 0 Å². The van der Waals surface area contributed by atoms with E-state index in [1.807, 2.05) is 0 Å². The Kier molecular flexibility index (Phi) is 3.46. The van der Waals surface area contributed by atoms with E-state index in [1.165, 1.54) is 0 Å². The molecule has 90 valence electrons. The first kappa shape index (κ1) is 12.8. The summed E-state index contributed by atoms with van der Waals surface area (Å²) in [6, 6.07) is 1.67. The predicted molar refractivity (Wildman–Crippen MR) is 68.2 cm³/mol. The van der Waals surface area contributed by atoms with Crippen LogP contribution in [0.2, 0.25) is 0 Å². The summed E-state index contributed by atoms with van der Waals surface area (Å²) in [7, 11) is 0. The molecule has 3 N–H and O–H groups in total. The number of benzene rings is 1. The molecular weight excluding hydrogens is 203 g/mol. The number of hydrogen-bond acceptors (Lipinski definition) is 2. The molecule has 0 bridgehead atoms. The van der Waals surface area contributed by atoms with E-state index < -0.39 is 0 Å². The molecule has 3 heteroatoms. The summed E-state index contributed by atoms with van der Waals surface area (Å²) in [5.74, 6) is -0.175. The minimum Gasteiger partial charge on any atom is -0.397 e. The number of rotatable bonds is 2. The number of aryl methyl sites for hydroxylation is 1. The summed E-state index contributed by atoms with van der Waals surface area (Å²) < 4.78 is 13.7. The Balaban J connectivity index is 3.01. The molecule has 0 radical (unpaired) electrons. The van der Waals surface area contributed by atoms with Gasteiger partial charge < -0.3 is 11.1 Å². The van der Waals surface area contributed by atoms with Crippen molar-refractivity contribution in [3.05, 3.63) is 23.0 Å². The van der Waals surface area contributed by atoms with E-state index in [4.69, 9.17) is 5.73 Å². The van der Waals surface area contributed by atoms with Crippen LogP contribution in [0.1, 0.15) is 31.9 Å². The van der Waals surface area contributed by atoms with E-state index in [0.29, 0.717) is 16.8 Å². The van der Waals surface area contributed by atoms with Crippen molar-refractivity contribution < 1.29 is 4.39 Å². The number of nitrogens with one attached hydrogen (secondary N) is 1. The lowest BCUT2D eigenvalue weighted by Gasteiger charge is -2.22. The molecule has 0 unspecified atom stereocenters. The van der Waals surface area contributed by atoms with Gasteiger partial charge >= 0.3 is 0 Å². The lowest BCUT2D eigenvalue weighted by molar-refractivity contribution is 0.443. The number of nitrogen functional groups attached to an aromatic ring is 1. The normalized spacial score (nSPS) is 11.6. The van der Waals surface area contributed by atoms with Gasteiger partial charge in [0, 0.05) is 12.1 Å². The van der Waals surface area contributed by atoms with Gasteiger partial charge in [0.1, 0.15) is 5.82 Å². The molecule has 0 saturated carbocycles. The molecule has 1 aromatic carbocycles. The van der Waals surface area contributed by atoms with E-state index in [2.05, 4.69) is 26.1 Å². The molecule has 0 saturated heterocycles. The van der Waals surface area contributed by atoms with Gasteiger partial charge in [0.15, 0.2) is 0 Å². The highest BCUT2D eigenvalue weighted by molar-refractivity contribution is 5.71. The Morgan fingerprint density at radius 1 is 1.31 bits per heavy atom. The van der Waals surface area contributed by atoms with Crippen molar-refractivity contribution in [1.82, 2.24) is 0 Å². The highest BCUT2D eigenvalue weighted by atomic mass is 19.1. The number of halogens is 1. The van der Waals surface area contributed by atoms with E-state index in [9.17, 15) is 4.39 Å². The molecule has 0 fully saturated rings. The van der Waals surface area contributed by atoms with Crippen molar-refractivity contribution in [3.8, 4) is 0 Å². The van der Waals surface area contributed by atoms with Crippen molar-refractivity contribution in [2.45, 2.75) is 34.6 Å². The summed E-state index contributed by atoms with van der Waals surface area (Å²) in [6.07, 6.45) is 0. The molecule has 0 amide bonds. The average Bonchev–Trinajstić information content (AvgIpc) is 2.12. The van der Waals surface area contributed by atoms with Gasteiger partial charge in [-0.05, 0) is 30.9 Å². The quantitative estimate of drug-likeness (QED) is 0.755. The zero-order chi connectivity index (χ0) is 12.5. The third-order valence-corrected chi connectivity index (χ3v) is 2.51. The lowest BCUT2D eigenvalue weighted by atomic mass is 9.96. The molecule has 1 rings (SSSR count). The van der Waals surface area contributed by atoms with Crippen molar-refractivity contribution >= 4 is 11.4 Å². The Bertz CT molecular complexity index is 392. The van der Waals surface area contributed by atoms with Gasteiger partial charge in [0.2, 0.25) is 0 Å². The standard InChI is InChI=1S/C13H21FN2/c1-8-6-10(15)12(9(2)11(8)14)16-7-13(3,4)5/h6,16H,7,15H2,1-5H3. The van der Waals surface area contributed by atoms with Crippen LogP contribution in [0.15, 0.2) is 6.07 Å². The molecule has 16 heavy (non-hydrogen) atoms. The first-order chi connectivity index (χ1) is 7.22. The van der Waals surface area contributed by atoms with Crippen molar-refractivity contribution in [1.29, 1.82) is 0 Å². The van der Waals surface area contributed by atoms with E-state index >= 15 is 0 Å². The summed E-state index contributed by atoms with van der Waals surface area (Å²) >= 11 is 0. The first-order valence-electron chi connectivity index (χ1n) is 5.51. The van der Waals surface area contributed by atoms with Gasteiger partial charge in [-0.3, -0.25) is 0 Å². The van der Waals surface area contributed by atoms with E-state index in [-0.39, 0.29) is 11.2 Å². The van der Waals surface area contributed by atoms with Crippen molar-refractivity contribution in [2.24, 2.45) is 5.41 Å². The van der Waals surface area contributed by atoms with Crippen LogP contribution >= 0.6 is 0 Å².